The van der Waals surface area contributed by atoms with E-state index in [0.717, 1.165) is 17.6 Å². The normalized spacial score (nSPS) is 20.9. The van der Waals surface area contributed by atoms with Crippen LogP contribution in [0.2, 0.25) is 0 Å². The lowest BCUT2D eigenvalue weighted by molar-refractivity contribution is 0.0908. The minimum absolute atomic E-state index is 0.552. The van der Waals surface area contributed by atoms with E-state index in [2.05, 4.69) is 33.4 Å². The third kappa shape index (κ3) is 3.58. The summed E-state index contributed by atoms with van der Waals surface area (Å²) in [6.07, 6.45) is 3.88. The van der Waals surface area contributed by atoms with Gasteiger partial charge in [-0.05, 0) is 31.0 Å². The molecule has 1 aliphatic rings. The van der Waals surface area contributed by atoms with Crippen molar-refractivity contribution >= 4 is 15.9 Å². The molecule has 0 spiro atoms. The van der Waals surface area contributed by atoms with E-state index in [4.69, 9.17) is 4.74 Å². The molecule has 1 aliphatic heterocycles. The Morgan fingerprint density at radius 1 is 1.31 bits per heavy atom. The molecule has 1 heterocycles. The Morgan fingerprint density at radius 2 is 2.19 bits per heavy atom. The molecule has 0 aromatic heterocycles. The summed E-state index contributed by atoms with van der Waals surface area (Å²) in [5.74, 6) is 0. The summed E-state index contributed by atoms with van der Waals surface area (Å²) in [7, 11) is 0. The summed E-state index contributed by atoms with van der Waals surface area (Å²) in [6.45, 7) is 2.66. The zero-order valence-corrected chi connectivity index (χ0v) is 11.0. The molecule has 0 bridgehead atoms. The van der Waals surface area contributed by atoms with Crippen LogP contribution in [0.4, 0.5) is 0 Å². The molecule has 0 radical (unpaired) electrons. The lowest BCUT2D eigenvalue weighted by Gasteiger charge is -2.23. The van der Waals surface area contributed by atoms with Crippen LogP contribution in [0.3, 0.4) is 0 Å². The summed E-state index contributed by atoms with van der Waals surface area (Å²) < 4.78 is 6.88. The molecule has 1 atom stereocenters. The van der Waals surface area contributed by atoms with E-state index in [9.17, 15) is 0 Å². The van der Waals surface area contributed by atoms with Gasteiger partial charge in [0.05, 0.1) is 13.2 Å². The SMILES string of the molecule is Brc1ccccc1COCC1CCCCN1. The van der Waals surface area contributed by atoms with E-state index in [-0.39, 0.29) is 0 Å². The Bertz CT molecular complexity index is 323. The molecule has 1 saturated heterocycles. The molecule has 88 valence electrons. The monoisotopic (exact) mass is 283 g/mol. The molecule has 0 saturated carbocycles. The zero-order valence-electron chi connectivity index (χ0n) is 9.42. The zero-order chi connectivity index (χ0) is 11.2. The van der Waals surface area contributed by atoms with Crippen molar-refractivity contribution in [1.82, 2.24) is 5.32 Å². The van der Waals surface area contributed by atoms with Crippen molar-refractivity contribution in [3.05, 3.63) is 34.3 Å². The average molecular weight is 284 g/mol. The van der Waals surface area contributed by atoms with Crippen LogP contribution in [-0.2, 0) is 11.3 Å². The summed E-state index contributed by atoms with van der Waals surface area (Å²) in [4.78, 5) is 0. The van der Waals surface area contributed by atoms with Crippen LogP contribution >= 0.6 is 15.9 Å². The third-order valence-corrected chi connectivity index (χ3v) is 3.72. The standard InChI is InChI=1S/C13H18BrNO/c14-13-7-2-1-5-11(13)9-16-10-12-6-3-4-8-15-12/h1-2,5,7,12,15H,3-4,6,8-10H2. The van der Waals surface area contributed by atoms with Gasteiger partial charge >= 0.3 is 0 Å². The van der Waals surface area contributed by atoms with Gasteiger partial charge in [-0.1, -0.05) is 40.5 Å². The summed E-state index contributed by atoms with van der Waals surface area (Å²) in [6, 6.07) is 8.77. The second kappa shape index (κ2) is 6.38. The topological polar surface area (TPSA) is 21.3 Å². The Morgan fingerprint density at radius 3 is 2.94 bits per heavy atom. The number of rotatable bonds is 4. The van der Waals surface area contributed by atoms with Crippen LogP contribution in [0.5, 0.6) is 0 Å². The lowest BCUT2D eigenvalue weighted by Crippen LogP contribution is -2.37. The highest BCUT2D eigenvalue weighted by atomic mass is 79.9. The maximum Gasteiger partial charge on any atom is 0.0728 e. The van der Waals surface area contributed by atoms with E-state index in [0.29, 0.717) is 12.6 Å². The maximum atomic E-state index is 5.75. The van der Waals surface area contributed by atoms with E-state index in [1.54, 1.807) is 0 Å². The van der Waals surface area contributed by atoms with Crippen molar-refractivity contribution in [3.63, 3.8) is 0 Å². The Hall–Kier alpha value is -0.380. The van der Waals surface area contributed by atoms with Crippen LogP contribution in [0.1, 0.15) is 24.8 Å². The van der Waals surface area contributed by atoms with Crippen LogP contribution in [0, 0.1) is 0 Å². The number of piperidine rings is 1. The molecule has 1 fully saturated rings. The first-order valence-corrected chi connectivity index (χ1v) is 6.70. The second-order valence-electron chi connectivity index (χ2n) is 4.25. The third-order valence-electron chi connectivity index (χ3n) is 2.95. The second-order valence-corrected chi connectivity index (χ2v) is 5.11. The van der Waals surface area contributed by atoms with Gasteiger partial charge < -0.3 is 10.1 Å². The highest BCUT2D eigenvalue weighted by Crippen LogP contribution is 2.17. The summed E-state index contributed by atoms with van der Waals surface area (Å²) in [5, 5.41) is 3.48. The smallest absolute Gasteiger partial charge is 0.0728 e. The Labute approximate surface area is 106 Å². The Kier molecular flexibility index (Phi) is 4.82. The van der Waals surface area contributed by atoms with E-state index >= 15 is 0 Å². The van der Waals surface area contributed by atoms with Crippen molar-refractivity contribution in [2.24, 2.45) is 0 Å². The molecule has 0 aliphatic carbocycles. The molecule has 1 N–H and O–H groups in total. The fraction of sp³-hybridized carbons (Fsp3) is 0.538. The molecule has 16 heavy (non-hydrogen) atoms. The molecule has 1 aromatic rings. The van der Waals surface area contributed by atoms with Gasteiger partial charge in [-0.25, -0.2) is 0 Å². The fourth-order valence-corrected chi connectivity index (χ4v) is 2.39. The predicted molar refractivity (Wildman–Crippen MR) is 69.4 cm³/mol. The van der Waals surface area contributed by atoms with Gasteiger partial charge in [0.1, 0.15) is 0 Å². The van der Waals surface area contributed by atoms with Gasteiger partial charge in [-0.3, -0.25) is 0 Å². The molecule has 2 nitrogen and oxygen atoms in total. The van der Waals surface area contributed by atoms with Crippen LogP contribution < -0.4 is 5.32 Å². The molecule has 2 rings (SSSR count). The number of ether oxygens (including phenoxy) is 1. The molecular weight excluding hydrogens is 266 g/mol. The van der Waals surface area contributed by atoms with Crippen molar-refractivity contribution in [3.8, 4) is 0 Å². The van der Waals surface area contributed by atoms with E-state index in [1.807, 2.05) is 12.1 Å². The highest BCUT2D eigenvalue weighted by molar-refractivity contribution is 9.10. The molecule has 1 aromatic carbocycles. The minimum atomic E-state index is 0.552. The van der Waals surface area contributed by atoms with Gasteiger partial charge in [0.25, 0.3) is 0 Å². The molecule has 0 amide bonds. The van der Waals surface area contributed by atoms with Crippen molar-refractivity contribution in [1.29, 1.82) is 0 Å². The van der Waals surface area contributed by atoms with Gasteiger partial charge in [0.15, 0.2) is 0 Å². The van der Waals surface area contributed by atoms with Crippen LogP contribution in [-0.4, -0.2) is 19.2 Å². The fourth-order valence-electron chi connectivity index (χ4n) is 1.99. The lowest BCUT2D eigenvalue weighted by atomic mass is 10.1. The number of hydrogen-bond donors (Lipinski definition) is 1. The molecule has 3 heteroatoms. The number of nitrogens with one attached hydrogen (secondary N) is 1. The molecule has 1 unspecified atom stereocenters. The number of halogens is 1. The van der Waals surface area contributed by atoms with Crippen LogP contribution in [0.25, 0.3) is 0 Å². The van der Waals surface area contributed by atoms with Crippen LogP contribution in [0.15, 0.2) is 28.7 Å². The quantitative estimate of drug-likeness (QED) is 0.917. The predicted octanol–water partition coefficient (Wildman–Crippen LogP) is 3.11. The summed E-state index contributed by atoms with van der Waals surface area (Å²) >= 11 is 3.53. The maximum absolute atomic E-state index is 5.75. The molecular formula is C13H18BrNO. The first-order valence-electron chi connectivity index (χ1n) is 5.91. The average Bonchev–Trinajstić information content (AvgIpc) is 2.33. The van der Waals surface area contributed by atoms with Gasteiger partial charge in [-0.15, -0.1) is 0 Å². The number of hydrogen-bond acceptors (Lipinski definition) is 2. The van der Waals surface area contributed by atoms with E-state index in [1.165, 1.54) is 24.8 Å². The highest BCUT2D eigenvalue weighted by Gasteiger charge is 2.12. The largest absolute Gasteiger partial charge is 0.375 e. The Balaban J connectivity index is 1.73. The van der Waals surface area contributed by atoms with Crippen molar-refractivity contribution in [2.75, 3.05) is 13.2 Å². The first-order chi connectivity index (χ1) is 7.86. The van der Waals surface area contributed by atoms with Crippen molar-refractivity contribution in [2.45, 2.75) is 31.9 Å². The number of benzene rings is 1. The van der Waals surface area contributed by atoms with Gasteiger partial charge in [0.2, 0.25) is 0 Å². The summed E-state index contributed by atoms with van der Waals surface area (Å²) in [5.41, 5.74) is 1.22. The van der Waals surface area contributed by atoms with E-state index < -0.39 is 0 Å². The van der Waals surface area contributed by atoms with Gasteiger partial charge in [0, 0.05) is 10.5 Å². The van der Waals surface area contributed by atoms with Gasteiger partial charge in [-0.2, -0.15) is 0 Å². The van der Waals surface area contributed by atoms with Crippen molar-refractivity contribution < 1.29 is 4.74 Å². The minimum Gasteiger partial charge on any atom is -0.375 e. The first kappa shape index (κ1) is 12.1.